The third-order valence-electron chi connectivity index (χ3n) is 2.48. The monoisotopic (exact) mass is 254 g/mol. The molecule has 0 saturated heterocycles. The van der Waals surface area contributed by atoms with Gasteiger partial charge >= 0.3 is 0 Å². The van der Waals surface area contributed by atoms with Crippen LogP contribution in [0.1, 0.15) is 12.0 Å². The summed E-state index contributed by atoms with van der Waals surface area (Å²) in [6.45, 7) is 2.47. The topological polar surface area (TPSA) is 68.2 Å². The van der Waals surface area contributed by atoms with Gasteiger partial charge in [0.2, 0.25) is 5.91 Å². The summed E-state index contributed by atoms with van der Waals surface area (Å²) in [6, 6.07) is 0. The van der Waals surface area contributed by atoms with Gasteiger partial charge in [-0.3, -0.25) is 9.48 Å². The maximum absolute atomic E-state index is 11.4. The Balaban J connectivity index is 1.98. The summed E-state index contributed by atoms with van der Waals surface area (Å²) >= 11 is 0. The van der Waals surface area contributed by atoms with Crippen LogP contribution in [0, 0.1) is 0 Å². The van der Waals surface area contributed by atoms with Crippen molar-refractivity contribution in [2.45, 2.75) is 12.8 Å². The number of amides is 1. The first-order valence-corrected chi connectivity index (χ1v) is 6.16. The van der Waals surface area contributed by atoms with E-state index in [1.807, 2.05) is 19.4 Å². The molecule has 0 bridgehead atoms. The van der Waals surface area contributed by atoms with Gasteiger partial charge < -0.3 is 15.4 Å². The van der Waals surface area contributed by atoms with Crippen molar-refractivity contribution in [2.24, 2.45) is 7.05 Å². The smallest absolute Gasteiger partial charge is 0.233 e. The molecular formula is C12H22N4O2. The lowest BCUT2D eigenvalue weighted by atomic mass is 10.2. The minimum Gasteiger partial charge on any atom is -0.385 e. The van der Waals surface area contributed by atoms with Crippen molar-refractivity contribution < 1.29 is 9.53 Å². The summed E-state index contributed by atoms with van der Waals surface area (Å²) in [4.78, 5) is 11.4. The van der Waals surface area contributed by atoms with E-state index in [0.717, 1.165) is 19.4 Å². The molecule has 102 valence electrons. The van der Waals surface area contributed by atoms with Crippen LogP contribution in [0.25, 0.3) is 0 Å². The molecule has 2 N–H and O–H groups in total. The standard InChI is InChI=1S/C12H22N4O2/c1-16-10-11(8-15-16)4-6-13-9-12(17)14-5-3-7-18-2/h8,10,13H,3-7,9H2,1-2H3,(H,14,17). The summed E-state index contributed by atoms with van der Waals surface area (Å²) in [6.07, 6.45) is 5.54. The highest BCUT2D eigenvalue weighted by atomic mass is 16.5. The zero-order chi connectivity index (χ0) is 13.2. The molecule has 0 aromatic carbocycles. The van der Waals surface area contributed by atoms with E-state index in [1.54, 1.807) is 11.8 Å². The first-order valence-electron chi connectivity index (χ1n) is 6.16. The number of carbonyl (C=O) groups excluding carboxylic acids is 1. The average Bonchev–Trinajstić information content (AvgIpc) is 2.76. The third kappa shape index (κ3) is 6.36. The van der Waals surface area contributed by atoms with Crippen LogP contribution in [0.5, 0.6) is 0 Å². The van der Waals surface area contributed by atoms with Gasteiger partial charge in [0.05, 0.1) is 12.7 Å². The third-order valence-corrected chi connectivity index (χ3v) is 2.48. The first kappa shape index (κ1) is 14.7. The highest BCUT2D eigenvalue weighted by molar-refractivity contribution is 5.77. The van der Waals surface area contributed by atoms with Gasteiger partial charge in [-0.2, -0.15) is 5.10 Å². The van der Waals surface area contributed by atoms with Crippen LogP contribution in [-0.4, -0.2) is 49.0 Å². The van der Waals surface area contributed by atoms with E-state index in [4.69, 9.17) is 4.74 Å². The zero-order valence-electron chi connectivity index (χ0n) is 11.1. The fourth-order valence-corrected chi connectivity index (χ4v) is 1.54. The number of rotatable bonds is 9. The average molecular weight is 254 g/mol. The Labute approximate surface area is 108 Å². The normalized spacial score (nSPS) is 10.6. The van der Waals surface area contributed by atoms with Crippen molar-refractivity contribution >= 4 is 5.91 Å². The number of nitrogens with one attached hydrogen (secondary N) is 2. The summed E-state index contributed by atoms with van der Waals surface area (Å²) in [5, 5.41) is 10.0. The van der Waals surface area contributed by atoms with Crippen molar-refractivity contribution in [3.8, 4) is 0 Å². The van der Waals surface area contributed by atoms with Gasteiger partial charge in [0.25, 0.3) is 0 Å². The van der Waals surface area contributed by atoms with E-state index in [2.05, 4.69) is 15.7 Å². The van der Waals surface area contributed by atoms with Crippen LogP contribution in [0.3, 0.4) is 0 Å². The Morgan fingerprint density at radius 1 is 1.50 bits per heavy atom. The number of aryl methyl sites for hydroxylation is 1. The number of carbonyl (C=O) groups is 1. The molecule has 0 aliphatic carbocycles. The molecular weight excluding hydrogens is 232 g/mol. The largest absolute Gasteiger partial charge is 0.385 e. The summed E-state index contributed by atoms with van der Waals surface area (Å²) in [7, 11) is 3.55. The van der Waals surface area contributed by atoms with Crippen molar-refractivity contribution in [3.63, 3.8) is 0 Å². The number of hydrogen-bond donors (Lipinski definition) is 2. The van der Waals surface area contributed by atoms with Gasteiger partial charge in [0.15, 0.2) is 0 Å². The van der Waals surface area contributed by atoms with Crippen molar-refractivity contribution in [1.29, 1.82) is 0 Å². The molecule has 0 unspecified atom stereocenters. The fourth-order valence-electron chi connectivity index (χ4n) is 1.54. The predicted molar refractivity (Wildman–Crippen MR) is 69.3 cm³/mol. The number of nitrogens with zero attached hydrogens (tertiary/aromatic N) is 2. The Morgan fingerprint density at radius 3 is 3.00 bits per heavy atom. The lowest BCUT2D eigenvalue weighted by molar-refractivity contribution is -0.120. The quantitative estimate of drug-likeness (QED) is 0.594. The van der Waals surface area contributed by atoms with Gasteiger partial charge in [0.1, 0.15) is 0 Å². The molecule has 0 saturated carbocycles. The number of methoxy groups -OCH3 is 1. The van der Waals surface area contributed by atoms with Crippen LogP contribution >= 0.6 is 0 Å². The summed E-state index contributed by atoms with van der Waals surface area (Å²) in [5.41, 5.74) is 1.17. The maximum atomic E-state index is 11.4. The second-order valence-electron chi connectivity index (χ2n) is 4.15. The first-order chi connectivity index (χ1) is 8.72. The molecule has 18 heavy (non-hydrogen) atoms. The molecule has 1 aromatic rings. The molecule has 0 radical (unpaired) electrons. The van der Waals surface area contributed by atoms with Gasteiger partial charge in [0, 0.05) is 33.5 Å². The van der Waals surface area contributed by atoms with Gasteiger partial charge in [-0.25, -0.2) is 0 Å². The highest BCUT2D eigenvalue weighted by Gasteiger charge is 2.00. The van der Waals surface area contributed by atoms with Gasteiger partial charge in [-0.15, -0.1) is 0 Å². The zero-order valence-corrected chi connectivity index (χ0v) is 11.1. The van der Waals surface area contributed by atoms with E-state index in [0.29, 0.717) is 19.7 Å². The van der Waals surface area contributed by atoms with Crippen LogP contribution in [-0.2, 0) is 23.0 Å². The van der Waals surface area contributed by atoms with E-state index < -0.39 is 0 Å². The maximum Gasteiger partial charge on any atom is 0.233 e. The molecule has 1 heterocycles. The fraction of sp³-hybridized carbons (Fsp3) is 0.667. The molecule has 1 amide bonds. The number of hydrogen-bond acceptors (Lipinski definition) is 4. The van der Waals surface area contributed by atoms with Crippen LogP contribution < -0.4 is 10.6 Å². The van der Waals surface area contributed by atoms with Gasteiger partial charge in [-0.1, -0.05) is 0 Å². The molecule has 6 heteroatoms. The molecule has 0 spiro atoms. The predicted octanol–water partition coefficient (Wildman–Crippen LogP) is -0.295. The van der Waals surface area contributed by atoms with Crippen molar-refractivity contribution in [3.05, 3.63) is 18.0 Å². The number of ether oxygens (including phenoxy) is 1. The van der Waals surface area contributed by atoms with Crippen molar-refractivity contribution in [2.75, 3.05) is 33.4 Å². The van der Waals surface area contributed by atoms with E-state index in [9.17, 15) is 4.79 Å². The highest BCUT2D eigenvalue weighted by Crippen LogP contribution is 1.95. The molecule has 1 aromatic heterocycles. The minimum absolute atomic E-state index is 0.0253. The Morgan fingerprint density at radius 2 is 2.33 bits per heavy atom. The number of aromatic nitrogens is 2. The molecule has 0 aliphatic heterocycles. The summed E-state index contributed by atoms with van der Waals surface area (Å²) in [5.74, 6) is 0.0253. The lowest BCUT2D eigenvalue weighted by Gasteiger charge is -2.05. The van der Waals surface area contributed by atoms with Gasteiger partial charge in [-0.05, 0) is 24.9 Å². The molecule has 0 atom stereocenters. The molecule has 0 aliphatic rings. The lowest BCUT2D eigenvalue weighted by Crippen LogP contribution is -2.35. The van der Waals surface area contributed by atoms with Crippen LogP contribution in [0.2, 0.25) is 0 Å². The molecule has 6 nitrogen and oxygen atoms in total. The van der Waals surface area contributed by atoms with E-state index in [-0.39, 0.29) is 5.91 Å². The second kappa shape index (κ2) is 8.66. The molecule has 1 rings (SSSR count). The summed E-state index contributed by atoms with van der Waals surface area (Å²) < 4.78 is 6.67. The van der Waals surface area contributed by atoms with Crippen molar-refractivity contribution in [1.82, 2.24) is 20.4 Å². The SMILES string of the molecule is COCCCNC(=O)CNCCc1cnn(C)c1. The molecule has 0 fully saturated rings. The minimum atomic E-state index is 0.0253. The van der Waals surface area contributed by atoms with E-state index in [1.165, 1.54) is 5.56 Å². The van der Waals surface area contributed by atoms with Crippen LogP contribution in [0.4, 0.5) is 0 Å². The van der Waals surface area contributed by atoms with Crippen LogP contribution in [0.15, 0.2) is 12.4 Å². The Kier molecular flexibility index (Phi) is 7.05. The van der Waals surface area contributed by atoms with E-state index >= 15 is 0 Å². The Bertz CT molecular complexity index is 352. The Hall–Kier alpha value is -1.40. The second-order valence-corrected chi connectivity index (χ2v) is 4.15.